The van der Waals surface area contributed by atoms with Gasteiger partial charge in [0.2, 0.25) is 0 Å². The minimum absolute atomic E-state index is 0.282. The Kier molecular flexibility index (Phi) is 2.29. The summed E-state index contributed by atoms with van der Waals surface area (Å²) in [5.41, 5.74) is 5.58. The Balaban J connectivity index is 1.87. The number of hydrogen-bond acceptors (Lipinski definition) is 2. The first-order chi connectivity index (χ1) is 8.40. The van der Waals surface area contributed by atoms with Gasteiger partial charge in [-0.2, -0.15) is 0 Å². The van der Waals surface area contributed by atoms with Gasteiger partial charge in [-0.15, -0.1) is 0 Å². The third kappa shape index (κ3) is 1.30. The Hall–Kier alpha value is -1.13. The smallest absolute Gasteiger partial charge is 0.321 e. The second-order valence-corrected chi connectivity index (χ2v) is 5.99. The molecule has 1 atom stereocenters. The summed E-state index contributed by atoms with van der Waals surface area (Å²) in [7, 11) is 0. The fraction of sp³-hybridized carbons (Fsp3) is 0.462. The minimum atomic E-state index is -0.983. The lowest BCUT2D eigenvalue weighted by Crippen LogP contribution is -2.72. The summed E-state index contributed by atoms with van der Waals surface area (Å²) in [6.45, 7) is 0. The zero-order valence-electron chi connectivity index (χ0n) is 9.62. The van der Waals surface area contributed by atoms with E-state index in [1.165, 1.54) is 6.07 Å². The molecule has 0 radical (unpaired) electrons. The molecule has 3 fully saturated rings. The molecule has 3 aliphatic rings. The first-order valence-corrected chi connectivity index (χ1v) is 6.21. The summed E-state index contributed by atoms with van der Waals surface area (Å²) in [5, 5.41) is 9.37. The third-order valence-electron chi connectivity index (χ3n) is 4.49. The predicted molar refractivity (Wildman–Crippen MR) is 65.0 cm³/mol. The maximum Gasteiger partial charge on any atom is 0.321 e. The maximum atomic E-state index is 13.8. The van der Waals surface area contributed by atoms with Crippen molar-refractivity contribution in [3.8, 4) is 0 Å². The molecule has 96 valence electrons. The number of carboxylic acid groups (broad SMARTS) is 1. The van der Waals surface area contributed by atoms with Crippen LogP contribution in [0, 0.1) is 11.2 Å². The molecule has 0 heterocycles. The molecule has 1 unspecified atom stereocenters. The molecule has 3 nitrogen and oxygen atoms in total. The van der Waals surface area contributed by atoms with Gasteiger partial charge in [0.15, 0.2) is 0 Å². The second-order valence-electron chi connectivity index (χ2n) is 5.59. The Morgan fingerprint density at radius 1 is 1.44 bits per heavy atom. The monoisotopic (exact) mass is 269 g/mol. The van der Waals surface area contributed by atoms with Crippen LogP contribution in [-0.4, -0.2) is 17.1 Å². The molecule has 0 amide bonds. The Morgan fingerprint density at radius 2 is 2.06 bits per heavy atom. The van der Waals surface area contributed by atoms with Gasteiger partial charge < -0.3 is 10.8 Å². The van der Waals surface area contributed by atoms with E-state index in [9.17, 15) is 9.18 Å². The van der Waals surface area contributed by atoms with Crippen LogP contribution in [0.15, 0.2) is 18.2 Å². The lowest BCUT2D eigenvalue weighted by atomic mass is 9.31. The number of carboxylic acids is 1. The molecule has 3 saturated carbocycles. The van der Waals surface area contributed by atoms with E-state index in [1.807, 2.05) is 0 Å². The molecule has 0 saturated heterocycles. The van der Waals surface area contributed by atoms with E-state index in [0.29, 0.717) is 29.8 Å². The molecule has 2 bridgehead atoms. The van der Waals surface area contributed by atoms with E-state index >= 15 is 0 Å². The van der Waals surface area contributed by atoms with Gasteiger partial charge in [-0.3, -0.25) is 4.79 Å². The number of benzene rings is 1. The van der Waals surface area contributed by atoms with Crippen molar-refractivity contribution in [2.45, 2.75) is 30.7 Å². The van der Waals surface area contributed by atoms with Crippen LogP contribution in [0.3, 0.4) is 0 Å². The van der Waals surface area contributed by atoms with E-state index in [2.05, 4.69) is 0 Å². The average Bonchev–Trinajstić information content (AvgIpc) is 2.17. The zero-order valence-corrected chi connectivity index (χ0v) is 10.4. The predicted octanol–water partition coefficient (Wildman–Crippen LogP) is 2.31. The molecular formula is C13H13ClFNO2. The number of hydrogen-bond donors (Lipinski definition) is 2. The summed E-state index contributed by atoms with van der Waals surface area (Å²) in [4.78, 5) is 10.9. The molecule has 3 N–H and O–H groups in total. The van der Waals surface area contributed by atoms with Crippen LogP contribution in [0.1, 0.15) is 24.8 Å². The van der Waals surface area contributed by atoms with E-state index < -0.39 is 12.0 Å². The molecule has 3 aliphatic carbocycles. The van der Waals surface area contributed by atoms with Crippen molar-refractivity contribution in [3.63, 3.8) is 0 Å². The van der Waals surface area contributed by atoms with E-state index in [1.54, 1.807) is 12.1 Å². The highest BCUT2D eigenvalue weighted by Gasteiger charge is 2.72. The topological polar surface area (TPSA) is 63.3 Å². The van der Waals surface area contributed by atoms with E-state index in [-0.39, 0.29) is 16.6 Å². The summed E-state index contributed by atoms with van der Waals surface area (Å²) in [6, 6.07) is 3.78. The van der Waals surface area contributed by atoms with Gasteiger partial charge in [0, 0.05) is 16.0 Å². The first kappa shape index (κ1) is 11.9. The van der Waals surface area contributed by atoms with Crippen LogP contribution < -0.4 is 5.73 Å². The number of nitrogens with two attached hydrogens (primary N) is 1. The molecular weight excluding hydrogens is 257 g/mol. The Morgan fingerprint density at radius 3 is 2.56 bits per heavy atom. The van der Waals surface area contributed by atoms with Gasteiger partial charge in [-0.25, -0.2) is 4.39 Å². The largest absolute Gasteiger partial charge is 0.480 e. The van der Waals surface area contributed by atoms with Crippen LogP contribution in [-0.2, 0) is 10.2 Å². The maximum absolute atomic E-state index is 13.8. The van der Waals surface area contributed by atoms with Gasteiger partial charge in [-0.1, -0.05) is 17.7 Å². The number of halogens is 2. The van der Waals surface area contributed by atoms with Gasteiger partial charge in [0.05, 0.1) is 0 Å². The number of carbonyl (C=O) groups is 1. The van der Waals surface area contributed by atoms with Crippen molar-refractivity contribution < 1.29 is 14.3 Å². The number of rotatable bonds is 3. The highest BCUT2D eigenvalue weighted by atomic mass is 35.5. The highest BCUT2D eigenvalue weighted by Crippen LogP contribution is 2.75. The normalized spacial score (nSPS) is 34.4. The summed E-state index contributed by atoms with van der Waals surface area (Å²) < 4.78 is 13.8. The molecule has 5 heteroatoms. The number of aliphatic carboxylic acids is 1. The van der Waals surface area contributed by atoms with Crippen LogP contribution >= 0.6 is 11.6 Å². The summed E-state index contributed by atoms with van der Waals surface area (Å²) in [6.07, 6.45) is 1.86. The van der Waals surface area contributed by atoms with E-state index in [0.717, 1.165) is 0 Å². The van der Waals surface area contributed by atoms with Crippen LogP contribution in [0.5, 0.6) is 0 Å². The van der Waals surface area contributed by atoms with Crippen molar-refractivity contribution in [2.24, 2.45) is 11.1 Å². The van der Waals surface area contributed by atoms with Crippen molar-refractivity contribution in [1.29, 1.82) is 0 Å². The lowest BCUT2D eigenvalue weighted by molar-refractivity contribution is -0.179. The molecule has 1 aromatic rings. The van der Waals surface area contributed by atoms with Gasteiger partial charge in [0.25, 0.3) is 0 Å². The molecule has 4 rings (SSSR count). The van der Waals surface area contributed by atoms with Crippen molar-refractivity contribution in [3.05, 3.63) is 34.6 Å². The lowest BCUT2D eigenvalue weighted by Gasteiger charge is -2.72. The van der Waals surface area contributed by atoms with E-state index in [4.69, 9.17) is 22.4 Å². The standard InChI is InChI=1S/C13H13ClFNO2/c14-7-2-1-3-8(15)9(7)12-4-13(5-12,6-12)10(16)11(17)18/h1-3,10H,4-6,16H2,(H,17,18). The molecule has 1 aromatic carbocycles. The minimum Gasteiger partial charge on any atom is -0.480 e. The molecule has 0 aromatic heterocycles. The SMILES string of the molecule is NC(C(=O)O)C12CC(c3c(F)cccc3Cl)(C1)C2. The van der Waals surface area contributed by atoms with Crippen LogP contribution in [0.4, 0.5) is 4.39 Å². The average molecular weight is 270 g/mol. The second kappa shape index (κ2) is 3.45. The molecule has 0 aliphatic heterocycles. The van der Waals surface area contributed by atoms with Crippen molar-refractivity contribution in [1.82, 2.24) is 0 Å². The van der Waals surface area contributed by atoms with Crippen LogP contribution in [0.2, 0.25) is 5.02 Å². The summed E-state index contributed by atoms with van der Waals surface area (Å²) >= 11 is 6.05. The van der Waals surface area contributed by atoms with Crippen molar-refractivity contribution >= 4 is 17.6 Å². The third-order valence-corrected chi connectivity index (χ3v) is 4.81. The molecule has 18 heavy (non-hydrogen) atoms. The highest BCUT2D eigenvalue weighted by molar-refractivity contribution is 6.31. The molecule has 0 spiro atoms. The summed E-state index contributed by atoms with van der Waals surface area (Å²) in [5.74, 6) is -1.29. The quantitative estimate of drug-likeness (QED) is 0.885. The fourth-order valence-electron chi connectivity index (χ4n) is 3.73. The van der Waals surface area contributed by atoms with Gasteiger partial charge >= 0.3 is 5.97 Å². The Labute approximate surface area is 109 Å². The Bertz CT molecular complexity index is 506. The first-order valence-electron chi connectivity index (χ1n) is 5.83. The van der Waals surface area contributed by atoms with Gasteiger partial charge in [0.1, 0.15) is 11.9 Å². The van der Waals surface area contributed by atoms with Crippen LogP contribution in [0.25, 0.3) is 0 Å². The van der Waals surface area contributed by atoms with Gasteiger partial charge in [-0.05, 0) is 36.8 Å². The fourth-order valence-corrected chi connectivity index (χ4v) is 4.09. The van der Waals surface area contributed by atoms with Crippen molar-refractivity contribution in [2.75, 3.05) is 0 Å². The zero-order chi connectivity index (χ0) is 13.1.